The second-order valence-corrected chi connectivity index (χ2v) is 8.90. The number of nitro groups is 1. The van der Waals surface area contributed by atoms with Gasteiger partial charge in [-0.1, -0.05) is 42.0 Å². The zero-order valence-electron chi connectivity index (χ0n) is 17.2. The summed E-state index contributed by atoms with van der Waals surface area (Å²) in [6.07, 6.45) is 0. The van der Waals surface area contributed by atoms with Gasteiger partial charge in [-0.3, -0.25) is 10.1 Å². The van der Waals surface area contributed by atoms with Crippen molar-refractivity contribution >= 4 is 15.7 Å². The molecule has 0 saturated carbocycles. The molecule has 0 bridgehead atoms. The Morgan fingerprint density at radius 2 is 1.73 bits per heavy atom. The van der Waals surface area contributed by atoms with E-state index in [1.807, 2.05) is 13.0 Å². The van der Waals surface area contributed by atoms with Crippen LogP contribution in [0.3, 0.4) is 0 Å². The normalized spacial score (nSPS) is 12.4. The van der Waals surface area contributed by atoms with Crippen molar-refractivity contribution in [2.45, 2.75) is 17.9 Å². The minimum Gasteiger partial charge on any atom is -0.502 e. The smallest absolute Gasteiger partial charge is 0.311 e. The van der Waals surface area contributed by atoms with Crippen molar-refractivity contribution in [1.82, 2.24) is 14.9 Å². The molecule has 0 aliphatic heterocycles. The number of sulfonamides is 1. The monoisotopic (exact) mass is 466 g/mol. The Kier molecular flexibility index (Phi) is 5.90. The van der Waals surface area contributed by atoms with Crippen LogP contribution < -0.4 is 4.72 Å². The Bertz CT molecular complexity index is 1400. The van der Waals surface area contributed by atoms with Crippen LogP contribution in [-0.4, -0.2) is 28.6 Å². The van der Waals surface area contributed by atoms with Gasteiger partial charge in [-0.25, -0.2) is 8.42 Å². The van der Waals surface area contributed by atoms with E-state index < -0.39 is 32.4 Å². The molecule has 2 N–H and O–H groups in total. The molecule has 1 heterocycles. The fourth-order valence-corrected chi connectivity index (χ4v) is 4.29. The van der Waals surface area contributed by atoms with E-state index >= 15 is 0 Å². The number of aryl methyl sites for hydroxylation is 1. The largest absolute Gasteiger partial charge is 0.502 e. The highest BCUT2D eigenvalue weighted by Crippen LogP contribution is 2.33. The first-order valence-electron chi connectivity index (χ1n) is 9.70. The molecule has 1 atom stereocenters. The molecule has 0 saturated heterocycles. The van der Waals surface area contributed by atoms with Crippen LogP contribution in [0, 0.1) is 17.0 Å². The number of nitrogens with one attached hydrogen (secondary N) is 1. The molecule has 4 aromatic rings. The van der Waals surface area contributed by atoms with Gasteiger partial charge in [0.1, 0.15) is 6.04 Å². The number of nitro benzene ring substituents is 1. The molecule has 33 heavy (non-hydrogen) atoms. The second kappa shape index (κ2) is 8.81. The zero-order chi connectivity index (χ0) is 23.6. The van der Waals surface area contributed by atoms with Crippen LogP contribution in [0.15, 0.2) is 82.1 Å². The van der Waals surface area contributed by atoms with Crippen LogP contribution >= 0.6 is 0 Å². The molecule has 11 heteroatoms. The minimum atomic E-state index is -4.08. The van der Waals surface area contributed by atoms with Gasteiger partial charge in [-0.05, 0) is 42.8 Å². The van der Waals surface area contributed by atoms with Gasteiger partial charge >= 0.3 is 5.69 Å². The van der Waals surface area contributed by atoms with Crippen LogP contribution in [-0.2, 0) is 10.0 Å². The molecule has 0 fully saturated rings. The Labute approximate surface area is 188 Å². The van der Waals surface area contributed by atoms with Crippen molar-refractivity contribution in [3.05, 3.63) is 99.9 Å². The predicted molar refractivity (Wildman–Crippen MR) is 118 cm³/mol. The Hall–Kier alpha value is -4.09. The summed E-state index contributed by atoms with van der Waals surface area (Å²) in [7, 11) is -4.08. The van der Waals surface area contributed by atoms with E-state index in [0.717, 1.165) is 17.7 Å². The highest BCUT2D eigenvalue weighted by molar-refractivity contribution is 7.89. The fraction of sp³-hybridized carbons (Fsp3) is 0.0909. The van der Waals surface area contributed by atoms with E-state index in [1.165, 1.54) is 18.2 Å². The summed E-state index contributed by atoms with van der Waals surface area (Å²) < 4.78 is 34.4. The predicted octanol–water partition coefficient (Wildman–Crippen LogP) is 3.73. The standard InChI is InChI=1S/C22H18N4O6S/c1-14-7-10-17(11-8-14)33(30,31)25-20(16-9-12-19(27)18(13-16)26(28)29)22-24-23-21(32-22)15-5-3-2-4-6-15/h2-13,20,25,27H,1H3. The number of aromatic nitrogens is 2. The third-order valence-corrected chi connectivity index (χ3v) is 6.28. The molecule has 0 radical (unpaired) electrons. The number of hydrogen-bond acceptors (Lipinski definition) is 8. The number of rotatable bonds is 7. The molecule has 1 aromatic heterocycles. The molecule has 10 nitrogen and oxygen atoms in total. The first-order chi connectivity index (χ1) is 15.7. The maximum atomic E-state index is 13.1. The average molecular weight is 466 g/mol. The summed E-state index contributed by atoms with van der Waals surface area (Å²) in [5.41, 5.74) is 1.05. The lowest BCUT2D eigenvalue weighted by molar-refractivity contribution is -0.385. The van der Waals surface area contributed by atoms with Crippen molar-refractivity contribution in [2.24, 2.45) is 0 Å². The number of aromatic hydroxyl groups is 1. The third kappa shape index (κ3) is 4.73. The lowest BCUT2D eigenvalue weighted by Crippen LogP contribution is -2.29. The first kappa shape index (κ1) is 22.1. The summed E-state index contributed by atoms with van der Waals surface area (Å²) in [6.45, 7) is 1.83. The second-order valence-electron chi connectivity index (χ2n) is 7.18. The topological polar surface area (TPSA) is 148 Å². The van der Waals surface area contributed by atoms with Gasteiger partial charge in [0.05, 0.1) is 9.82 Å². The van der Waals surface area contributed by atoms with E-state index in [1.54, 1.807) is 36.4 Å². The number of phenols is 1. The summed E-state index contributed by atoms with van der Waals surface area (Å²) >= 11 is 0. The molecule has 0 amide bonds. The van der Waals surface area contributed by atoms with Crippen LogP contribution in [0.2, 0.25) is 0 Å². The summed E-state index contributed by atoms with van der Waals surface area (Å²) in [5, 5.41) is 29.1. The Morgan fingerprint density at radius 3 is 2.39 bits per heavy atom. The Balaban J connectivity index is 1.79. The molecule has 0 aliphatic rings. The summed E-state index contributed by atoms with van der Waals surface area (Å²) in [6, 6.07) is 17.3. The van der Waals surface area contributed by atoms with Gasteiger partial charge < -0.3 is 9.52 Å². The van der Waals surface area contributed by atoms with Crippen LogP contribution in [0.5, 0.6) is 5.75 Å². The molecule has 3 aromatic carbocycles. The summed E-state index contributed by atoms with van der Waals surface area (Å²) in [5.74, 6) is -0.526. The fourth-order valence-electron chi connectivity index (χ4n) is 3.12. The maximum Gasteiger partial charge on any atom is 0.311 e. The van der Waals surface area contributed by atoms with E-state index in [2.05, 4.69) is 14.9 Å². The number of benzene rings is 3. The quantitative estimate of drug-likeness (QED) is 0.309. The van der Waals surface area contributed by atoms with Gasteiger partial charge in [0, 0.05) is 11.6 Å². The van der Waals surface area contributed by atoms with Gasteiger partial charge in [0.2, 0.25) is 21.8 Å². The maximum absolute atomic E-state index is 13.1. The lowest BCUT2D eigenvalue weighted by Gasteiger charge is -2.16. The SMILES string of the molecule is Cc1ccc(S(=O)(=O)NC(c2ccc(O)c([N+](=O)[O-])c2)c2nnc(-c3ccccc3)o2)cc1. The molecular formula is C22H18N4O6S. The van der Waals surface area contributed by atoms with E-state index in [4.69, 9.17) is 4.42 Å². The van der Waals surface area contributed by atoms with Gasteiger partial charge in [-0.15, -0.1) is 10.2 Å². The molecule has 0 spiro atoms. The highest BCUT2D eigenvalue weighted by atomic mass is 32.2. The van der Waals surface area contributed by atoms with Crippen molar-refractivity contribution < 1.29 is 22.9 Å². The van der Waals surface area contributed by atoms with E-state index in [-0.39, 0.29) is 22.2 Å². The number of hydrogen-bond donors (Lipinski definition) is 2. The van der Waals surface area contributed by atoms with Crippen LogP contribution in [0.1, 0.15) is 23.1 Å². The van der Waals surface area contributed by atoms with Crippen LogP contribution in [0.25, 0.3) is 11.5 Å². The minimum absolute atomic E-state index is 0.00539. The van der Waals surface area contributed by atoms with Crippen molar-refractivity contribution in [3.63, 3.8) is 0 Å². The van der Waals surface area contributed by atoms with Gasteiger partial charge in [-0.2, -0.15) is 4.72 Å². The first-order valence-corrected chi connectivity index (χ1v) is 11.2. The van der Waals surface area contributed by atoms with Crippen molar-refractivity contribution in [2.75, 3.05) is 0 Å². The highest BCUT2D eigenvalue weighted by Gasteiger charge is 2.29. The van der Waals surface area contributed by atoms with Crippen LogP contribution in [0.4, 0.5) is 5.69 Å². The van der Waals surface area contributed by atoms with E-state index in [0.29, 0.717) is 5.56 Å². The molecule has 1 unspecified atom stereocenters. The van der Waals surface area contributed by atoms with Gasteiger partial charge in [0.25, 0.3) is 0 Å². The molecule has 4 rings (SSSR count). The zero-order valence-corrected chi connectivity index (χ0v) is 18.1. The molecular weight excluding hydrogens is 448 g/mol. The molecule has 168 valence electrons. The third-order valence-electron chi connectivity index (χ3n) is 4.84. The van der Waals surface area contributed by atoms with E-state index in [9.17, 15) is 23.6 Å². The number of nitrogens with zero attached hydrogens (tertiary/aromatic N) is 3. The Morgan fingerprint density at radius 1 is 1.03 bits per heavy atom. The van der Waals surface area contributed by atoms with Gasteiger partial charge in [0.15, 0.2) is 5.75 Å². The average Bonchev–Trinajstić information content (AvgIpc) is 3.29. The van der Waals surface area contributed by atoms with Crippen molar-refractivity contribution in [1.29, 1.82) is 0 Å². The molecule has 0 aliphatic carbocycles. The summed E-state index contributed by atoms with van der Waals surface area (Å²) in [4.78, 5) is 10.5. The lowest BCUT2D eigenvalue weighted by atomic mass is 10.1. The number of phenolic OH excluding ortho intramolecular Hbond substituents is 1. The van der Waals surface area contributed by atoms with Crippen molar-refractivity contribution in [3.8, 4) is 17.2 Å².